The molecule has 0 atom stereocenters. The number of primary amides is 1. The van der Waals surface area contributed by atoms with Crippen LogP contribution in [0.2, 0.25) is 0 Å². The Balaban J connectivity index is 1.74. The third-order valence-corrected chi connectivity index (χ3v) is 3.72. The molecule has 0 saturated carbocycles. The van der Waals surface area contributed by atoms with Crippen molar-refractivity contribution in [1.29, 1.82) is 0 Å². The van der Waals surface area contributed by atoms with Crippen LogP contribution in [-0.2, 0) is 16.1 Å². The highest BCUT2D eigenvalue weighted by molar-refractivity contribution is 5.79. The minimum Gasteiger partial charge on any atom is -0.369 e. The average molecular weight is 293 g/mol. The van der Waals surface area contributed by atoms with Gasteiger partial charge >= 0.3 is 0 Å². The summed E-state index contributed by atoms with van der Waals surface area (Å²) in [5.41, 5.74) is 6.03. The number of carbonyl (C=O) groups is 2. The van der Waals surface area contributed by atoms with Crippen LogP contribution in [-0.4, -0.2) is 36.3 Å². The number of nitrogens with zero attached hydrogens (tertiary/aromatic N) is 1. The molecule has 0 aliphatic carbocycles. The largest absolute Gasteiger partial charge is 0.369 e. The smallest absolute Gasteiger partial charge is 0.231 e. The zero-order chi connectivity index (χ0) is 15.2. The molecule has 1 saturated heterocycles. The molecule has 1 aromatic rings. The maximum Gasteiger partial charge on any atom is 0.231 e. The van der Waals surface area contributed by atoms with Crippen LogP contribution in [0.25, 0.3) is 0 Å². The molecule has 3 N–H and O–H groups in total. The number of benzene rings is 1. The zero-order valence-corrected chi connectivity index (χ0v) is 11.8. The summed E-state index contributed by atoms with van der Waals surface area (Å²) in [6.45, 7) is 2.07. The number of carbonyl (C=O) groups excluding carboxylic acids is 2. The van der Waals surface area contributed by atoms with Gasteiger partial charge in [0, 0.05) is 12.5 Å². The molecule has 2 amide bonds. The Labute approximate surface area is 123 Å². The molecular formula is C15H20FN3O2. The molecule has 114 valence electrons. The summed E-state index contributed by atoms with van der Waals surface area (Å²) >= 11 is 0. The third-order valence-electron chi connectivity index (χ3n) is 3.72. The molecule has 21 heavy (non-hydrogen) atoms. The van der Waals surface area contributed by atoms with Crippen molar-refractivity contribution in [2.24, 2.45) is 11.7 Å². The van der Waals surface area contributed by atoms with E-state index in [1.165, 1.54) is 12.1 Å². The summed E-state index contributed by atoms with van der Waals surface area (Å²) in [6.07, 6.45) is 1.45. The maximum absolute atomic E-state index is 12.8. The minimum atomic E-state index is -0.339. The number of rotatable bonds is 5. The van der Waals surface area contributed by atoms with Crippen LogP contribution in [0.1, 0.15) is 18.4 Å². The van der Waals surface area contributed by atoms with Gasteiger partial charge in [0.25, 0.3) is 0 Å². The number of amides is 2. The van der Waals surface area contributed by atoms with E-state index in [0.29, 0.717) is 19.6 Å². The van der Waals surface area contributed by atoms with Gasteiger partial charge in [-0.05, 0) is 43.6 Å². The molecule has 0 radical (unpaired) electrons. The Morgan fingerprint density at radius 3 is 2.43 bits per heavy atom. The molecule has 1 aliphatic heterocycles. The lowest BCUT2D eigenvalue weighted by atomic mass is 9.96. The number of hydrogen-bond acceptors (Lipinski definition) is 3. The molecular weight excluding hydrogens is 273 g/mol. The SMILES string of the molecule is NC(=O)CN1CCC(C(=O)NCc2ccc(F)cc2)CC1. The maximum atomic E-state index is 12.8. The van der Waals surface area contributed by atoms with E-state index in [4.69, 9.17) is 5.73 Å². The second-order valence-corrected chi connectivity index (χ2v) is 5.36. The molecule has 0 bridgehead atoms. The number of nitrogens with two attached hydrogens (primary N) is 1. The first-order chi connectivity index (χ1) is 10.0. The first-order valence-electron chi connectivity index (χ1n) is 7.07. The lowest BCUT2D eigenvalue weighted by Gasteiger charge is -2.30. The van der Waals surface area contributed by atoms with Gasteiger partial charge in [-0.15, -0.1) is 0 Å². The Kier molecular flexibility index (Phi) is 5.27. The van der Waals surface area contributed by atoms with Crippen molar-refractivity contribution in [3.63, 3.8) is 0 Å². The first-order valence-corrected chi connectivity index (χ1v) is 7.07. The second-order valence-electron chi connectivity index (χ2n) is 5.36. The third kappa shape index (κ3) is 4.82. The van der Waals surface area contributed by atoms with Gasteiger partial charge in [-0.3, -0.25) is 14.5 Å². The minimum absolute atomic E-state index is 0.0121. The monoisotopic (exact) mass is 293 g/mol. The van der Waals surface area contributed by atoms with E-state index < -0.39 is 0 Å². The molecule has 1 fully saturated rings. The zero-order valence-electron chi connectivity index (χ0n) is 11.8. The van der Waals surface area contributed by atoms with Crippen LogP contribution in [0.4, 0.5) is 4.39 Å². The molecule has 0 spiro atoms. The van der Waals surface area contributed by atoms with Crippen LogP contribution >= 0.6 is 0 Å². The summed E-state index contributed by atoms with van der Waals surface area (Å²) in [6, 6.07) is 6.07. The van der Waals surface area contributed by atoms with E-state index in [1.807, 2.05) is 4.90 Å². The molecule has 1 aromatic carbocycles. The Morgan fingerprint density at radius 1 is 1.24 bits per heavy atom. The number of halogens is 1. The molecule has 5 nitrogen and oxygen atoms in total. The normalized spacial score (nSPS) is 16.6. The van der Waals surface area contributed by atoms with Crippen molar-refractivity contribution in [2.75, 3.05) is 19.6 Å². The molecule has 6 heteroatoms. The van der Waals surface area contributed by atoms with Gasteiger partial charge < -0.3 is 11.1 Å². The number of likely N-dealkylation sites (tertiary alicyclic amines) is 1. The summed E-state index contributed by atoms with van der Waals surface area (Å²) in [7, 11) is 0. The fourth-order valence-electron chi connectivity index (χ4n) is 2.51. The summed E-state index contributed by atoms with van der Waals surface area (Å²) in [5, 5.41) is 2.87. The van der Waals surface area contributed by atoms with Crippen LogP contribution in [0, 0.1) is 11.7 Å². The van der Waals surface area contributed by atoms with Gasteiger partial charge in [0.2, 0.25) is 11.8 Å². The molecule has 0 unspecified atom stereocenters. The molecule has 1 heterocycles. The van der Waals surface area contributed by atoms with Crippen LogP contribution in [0.5, 0.6) is 0 Å². The van der Waals surface area contributed by atoms with Crippen molar-refractivity contribution in [3.05, 3.63) is 35.6 Å². The number of hydrogen-bond donors (Lipinski definition) is 2. The van der Waals surface area contributed by atoms with E-state index in [-0.39, 0.29) is 30.1 Å². The van der Waals surface area contributed by atoms with Gasteiger partial charge in [0.05, 0.1) is 6.54 Å². The fraction of sp³-hybridized carbons (Fsp3) is 0.467. The highest BCUT2D eigenvalue weighted by Gasteiger charge is 2.25. The number of piperidine rings is 1. The number of nitrogens with one attached hydrogen (secondary N) is 1. The highest BCUT2D eigenvalue weighted by atomic mass is 19.1. The van der Waals surface area contributed by atoms with E-state index in [1.54, 1.807) is 12.1 Å². The van der Waals surface area contributed by atoms with Crippen molar-refractivity contribution in [3.8, 4) is 0 Å². The summed E-state index contributed by atoms with van der Waals surface area (Å²) < 4.78 is 12.8. The second kappa shape index (κ2) is 7.17. The first kappa shape index (κ1) is 15.4. The quantitative estimate of drug-likeness (QED) is 0.836. The van der Waals surface area contributed by atoms with Gasteiger partial charge in [-0.1, -0.05) is 12.1 Å². The van der Waals surface area contributed by atoms with E-state index in [0.717, 1.165) is 18.4 Å². The van der Waals surface area contributed by atoms with Gasteiger partial charge in [0.1, 0.15) is 5.82 Å². The average Bonchev–Trinajstić information content (AvgIpc) is 2.46. The van der Waals surface area contributed by atoms with E-state index in [2.05, 4.69) is 5.32 Å². The summed E-state index contributed by atoms with van der Waals surface area (Å²) in [4.78, 5) is 24.9. The standard InChI is InChI=1S/C15H20FN3O2/c16-13-3-1-11(2-4-13)9-18-15(21)12-5-7-19(8-6-12)10-14(17)20/h1-4,12H,5-10H2,(H2,17,20)(H,18,21). The lowest BCUT2D eigenvalue weighted by molar-refractivity contribution is -0.126. The van der Waals surface area contributed by atoms with Crippen LogP contribution in [0.15, 0.2) is 24.3 Å². The predicted molar refractivity (Wildman–Crippen MR) is 76.6 cm³/mol. The van der Waals surface area contributed by atoms with Crippen molar-refractivity contribution >= 4 is 11.8 Å². The van der Waals surface area contributed by atoms with Gasteiger partial charge in [-0.25, -0.2) is 4.39 Å². The van der Waals surface area contributed by atoms with Crippen LogP contribution in [0.3, 0.4) is 0 Å². The van der Waals surface area contributed by atoms with Crippen molar-refractivity contribution < 1.29 is 14.0 Å². The molecule has 1 aliphatic rings. The summed E-state index contributed by atoms with van der Waals surface area (Å²) in [5.74, 6) is -0.645. The van der Waals surface area contributed by atoms with Gasteiger partial charge in [-0.2, -0.15) is 0 Å². The van der Waals surface area contributed by atoms with Crippen molar-refractivity contribution in [1.82, 2.24) is 10.2 Å². The molecule has 2 rings (SSSR count). The van der Waals surface area contributed by atoms with Crippen molar-refractivity contribution in [2.45, 2.75) is 19.4 Å². The Hall–Kier alpha value is -1.95. The molecule has 0 aromatic heterocycles. The highest BCUT2D eigenvalue weighted by Crippen LogP contribution is 2.17. The Bertz CT molecular complexity index is 496. The Morgan fingerprint density at radius 2 is 1.86 bits per heavy atom. The fourth-order valence-corrected chi connectivity index (χ4v) is 2.51. The van der Waals surface area contributed by atoms with E-state index >= 15 is 0 Å². The van der Waals surface area contributed by atoms with Crippen LogP contribution < -0.4 is 11.1 Å². The van der Waals surface area contributed by atoms with Gasteiger partial charge in [0.15, 0.2) is 0 Å². The topological polar surface area (TPSA) is 75.4 Å². The predicted octanol–water partition coefficient (Wildman–Crippen LogP) is 0.639. The van der Waals surface area contributed by atoms with E-state index in [9.17, 15) is 14.0 Å². The lowest BCUT2D eigenvalue weighted by Crippen LogP contribution is -2.43.